The van der Waals surface area contributed by atoms with E-state index >= 15 is 0 Å². The largest absolute Gasteiger partial charge is 0.496 e. The predicted octanol–water partition coefficient (Wildman–Crippen LogP) is 2.30. The Balaban J connectivity index is 2.46. The first-order valence-corrected chi connectivity index (χ1v) is 6.54. The summed E-state index contributed by atoms with van der Waals surface area (Å²) in [7, 11) is 5.64. The molecule has 2 rings (SSSR count). The summed E-state index contributed by atoms with van der Waals surface area (Å²) in [6, 6.07) is 10.3. The predicted molar refractivity (Wildman–Crippen MR) is 76.5 cm³/mol. The highest BCUT2D eigenvalue weighted by Gasteiger charge is 2.20. The Bertz CT molecular complexity index is 548. The highest BCUT2D eigenvalue weighted by atomic mass is 16.5. The number of nitrogens with one attached hydrogen (secondary N) is 1. The summed E-state index contributed by atoms with van der Waals surface area (Å²) in [6.07, 6.45) is 0.941. The number of para-hydroxylation sites is 1. The van der Waals surface area contributed by atoms with Gasteiger partial charge in [-0.2, -0.15) is 5.10 Å². The van der Waals surface area contributed by atoms with E-state index in [0.717, 1.165) is 29.1 Å². The molecule has 0 amide bonds. The monoisotopic (exact) mass is 259 g/mol. The van der Waals surface area contributed by atoms with Crippen LogP contribution in [0, 0.1) is 0 Å². The van der Waals surface area contributed by atoms with Crippen molar-refractivity contribution >= 4 is 0 Å². The number of hydrogen-bond donors (Lipinski definition) is 1. The lowest BCUT2D eigenvalue weighted by molar-refractivity contribution is 0.404. The maximum absolute atomic E-state index is 5.45. The molecule has 0 aliphatic carbocycles. The van der Waals surface area contributed by atoms with Gasteiger partial charge in [0.05, 0.1) is 24.5 Å². The zero-order chi connectivity index (χ0) is 13.8. The van der Waals surface area contributed by atoms with Gasteiger partial charge < -0.3 is 10.1 Å². The molecule has 0 aliphatic rings. The fraction of sp³-hybridized carbons (Fsp3) is 0.400. The molecule has 1 unspecified atom stereocenters. The minimum Gasteiger partial charge on any atom is -0.496 e. The van der Waals surface area contributed by atoms with Crippen molar-refractivity contribution in [2.45, 2.75) is 19.4 Å². The third kappa shape index (κ3) is 2.63. The Kier molecular flexibility index (Phi) is 4.22. The molecule has 4 nitrogen and oxygen atoms in total. The van der Waals surface area contributed by atoms with Gasteiger partial charge in [-0.25, -0.2) is 0 Å². The van der Waals surface area contributed by atoms with E-state index in [9.17, 15) is 0 Å². The SMILES string of the molecule is CCc1cc(C(NC)c2ccccc2OC)n(C)n1. The first-order valence-electron chi connectivity index (χ1n) is 6.54. The number of rotatable bonds is 5. The summed E-state index contributed by atoms with van der Waals surface area (Å²) in [5.74, 6) is 0.890. The molecule has 1 heterocycles. The standard InChI is InChI=1S/C15H21N3O/c1-5-11-10-13(18(3)17-11)15(16-2)12-8-6-7-9-14(12)19-4/h6-10,15-16H,5H2,1-4H3. The Labute approximate surface area is 114 Å². The van der Waals surface area contributed by atoms with Crippen molar-refractivity contribution in [2.75, 3.05) is 14.2 Å². The van der Waals surface area contributed by atoms with Crippen LogP contribution in [0.15, 0.2) is 30.3 Å². The number of ether oxygens (including phenoxy) is 1. The molecule has 0 radical (unpaired) electrons. The van der Waals surface area contributed by atoms with Crippen LogP contribution < -0.4 is 10.1 Å². The van der Waals surface area contributed by atoms with Crippen LogP contribution in [-0.4, -0.2) is 23.9 Å². The van der Waals surface area contributed by atoms with E-state index in [0.29, 0.717) is 0 Å². The van der Waals surface area contributed by atoms with E-state index in [-0.39, 0.29) is 6.04 Å². The summed E-state index contributed by atoms with van der Waals surface area (Å²) in [5, 5.41) is 7.86. The summed E-state index contributed by atoms with van der Waals surface area (Å²) in [6.45, 7) is 2.11. The molecule has 1 N–H and O–H groups in total. The van der Waals surface area contributed by atoms with Gasteiger partial charge in [0.15, 0.2) is 0 Å². The van der Waals surface area contributed by atoms with Crippen LogP contribution in [0.3, 0.4) is 0 Å². The molecule has 1 atom stereocenters. The van der Waals surface area contributed by atoms with Gasteiger partial charge in [0, 0.05) is 12.6 Å². The number of nitrogens with zero attached hydrogens (tertiary/aromatic N) is 2. The first kappa shape index (κ1) is 13.6. The topological polar surface area (TPSA) is 39.1 Å². The molecule has 0 fully saturated rings. The fourth-order valence-corrected chi connectivity index (χ4v) is 2.35. The zero-order valence-electron chi connectivity index (χ0n) is 12.0. The van der Waals surface area contributed by atoms with Crippen LogP contribution in [0.25, 0.3) is 0 Å². The smallest absolute Gasteiger partial charge is 0.124 e. The molecule has 19 heavy (non-hydrogen) atoms. The molecule has 0 aliphatic heterocycles. The van der Waals surface area contributed by atoms with Gasteiger partial charge in [0.2, 0.25) is 0 Å². The lowest BCUT2D eigenvalue weighted by Gasteiger charge is -2.19. The van der Waals surface area contributed by atoms with E-state index in [1.54, 1.807) is 7.11 Å². The van der Waals surface area contributed by atoms with Crippen LogP contribution in [-0.2, 0) is 13.5 Å². The maximum atomic E-state index is 5.45. The van der Waals surface area contributed by atoms with Gasteiger partial charge >= 0.3 is 0 Å². The van der Waals surface area contributed by atoms with Gasteiger partial charge in [-0.05, 0) is 25.6 Å². The summed E-state index contributed by atoms with van der Waals surface area (Å²) >= 11 is 0. The molecule has 102 valence electrons. The second kappa shape index (κ2) is 5.89. The second-order valence-electron chi connectivity index (χ2n) is 4.50. The number of aromatic nitrogens is 2. The molecule has 0 spiro atoms. The van der Waals surface area contributed by atoms with Crippen LogP contribution in [0.1, 0.15) is 29.9 Å². The van der Waals surface area contributed by atoms with E-state index in [4.69, 9.17) is 4.74 Å². The molecule has 0 bridgehead atoms. The van der Waals surface area contributed by atoms with Crippen molar-refractivity contribution in [2.24, 2.45) is 7.05 Å². The van der Waals surface area contributed by atoms with Crippen molar-refractivity contribution in [3.8, 4) is 5.75 Å². The third-order valence-electron chi connectivity index (χ3n) is 3.36. The summed E-state index contributed by atoms with van der Waals surface area (Å²) in [4.78, 5) is 0. The zero-order valence-corrected chi connectivity index (χ0v) is 12.0. The van der Waals surface area contributed by atoms with Crippen LogP contribution in [0.5, 0.6) is 5.75 Å². The molecule has 0 saturated heterocycles. The van der Waals surface area contributed by atoms with Gasteiger partial charge in [-0.3, -0.25) is 4.68 Å². The molecular weight excluding hydrogens is 238 g/mol. The quantitative estimate of drug-likeness (QED) is 0.895. The van der Waals surface area contributed by atoms with Crippen LogP contribution >= 0.6 is 0 Å². The van der Waals surface area contributed by atoms with Crippen molar-refractivity contribution in [3.05, 3.63) is 47.3 Å². The molecule has 0 saturated carbocycles. The van der Waals surface area contributed by atoms with Crippen molar-refractivity contribution < 1.29 is 4.74 Å². The number of hydrogen-bond acceptors (Lipinski definition) is 3. The van der Waals surface area contributed by atoms with Gasteiger partial charge in [-0.1, -0.05) is 25.1 Å². The van der Waals surface area contributed by atoms with Crippen molar-refractivity contribution in [3.63, 3.8) is 0 Å². The average Bonchev–Trinajstić information content (AvgIpc) is 2.82. The minimum atomic E-state index is 0.0777. The van der Waals surface area contributed by atoms with Crippen LogP contribution in [0.2, 0.25) is 0 Å². The third-order valence-corrected chi connectivity index (χ3v) is 3.36. The highest BCUT2D eigenvalue weighted by Crippen LogP contribution is 2.29. The maximum Gasteiger partial charge on any atom is 0.124 e. The second-order valence-corrected chi connectivity index (χ2v) is 4.50. The number of aryl methyl sites for hydroxylation is 2. The van der Waals surface area contributed by atoms with E-state index in [2.05, 4.69) is 29.5 Å². The van der Waals surface area contributed by atoms with Gasteiger partial charge in [0.25, 0.3) is 0 Å². The lowest BCUT2D eigenvalue weighted by Crippen LogP contribution is -2.21. The van der Waals surface area contributed by atoms with Gasteiger partial charge in [0.1, 0.15) is 5.75 Å². The number of methoxy groups -OCH3 is 1. The van der Waals surface area contributed by atoms with Crippen LogP contribution in [0.4, 0.5) is 0 Å². The summed E-state index contributed by atoms with van der Waals surface area (Å²) in [5.41, 5.74) is 3.37. The van der Waals surface area contributed by atoms with Crippen molar-refractivity contribution in [1.29, 1.82) is 0 Å². The molecular formula is C15H21N3O. The Hall–Kier alpha value is -1.81. The average molecular weight is 259 g/mol. The van der Waals surface area contributed by atoms with Crippen molar-refractivity contribution in [1.82, 2.24) is 15.1 Å². The normalized spacial score (nSPS) is 12.4. The van der Waals surface area contributed by atoms with E-state index < -0.39 is 0 Å². The number of benzene rings is 1. The summed E-state index contributed by atoms with van der Waals surface area (Å²) < 4.78 is 7.39. The minimum absolute atomic E-state index is 0.0777. The molecule has 4 heteroatoms. The lowest BCUT2D eigenvalue weighted by atomic mass is 10.0. The Morgan fingerprint density at radius 3 is 2.68 bits per heavy atom. The van der Waals surface area contributed by atoms with Gasteiger partial charge in [-0.15, -0.1) is 0 Å². The van der Waals surface area contributed by atoms with E-state index in [1.807, 2.05) is 37.0 Å². The molecule has 1 aromatic heterocycles. The Morgan fingerprint density at radius 1 is 1.37 bits per heavy atom. The fourth-order valence-electron chi connectivity index (χ4n) is 2.35. The molecule has 2 aromatic rings. The highest BCUT2D eigenvalue weighted by molar-refractivity contribution is 5.40. The van der Waals surface area contributed by atoms with E-state index in [1.165, 1.54) is 0 Å². The molecule has 1 aromatic carbocycles. The first-order chi connectivity index (χ1) is 9.21. The Morgan fingerprint density at radius 2 is 2.11 bits per heavy atom.